The molecule has 0 amide bonds. The summed E-state index contributed by atoms with van der Waals surface area (Å²) in [5.74, 6) is -0.428. The van der Waals surface area contributed by atoms with Crippen molar-refractivity contribution in [3.63, 3.8) is 0 Å². The third-order valence-corrected chi connectivity index (χ3v) is 4.70. The van der Waals surface area contributed by atoms with E-state index in [4.69, 9.17) is 38.5 Å². The zero-order chi connectivity index (χ0) is 34.5. The Labute approximate surface area is 269 Å². The number of carboxylic acids is 1. The predicted octanol–water partition coefficient (Wildman–Crippen LogP) is 10.9. The third-order valence-electron chi connectivity index (χ3n) is 4.27. The van der Waals surface area contributed by atoms with Crippen LogP contribution in [0.25, 0.3) is 0 Å². The fourth-order valence-corrected chi connectivity index (χ4v) is 3.00. The van der Waals surface area contributed by atoms with E-state index in [1.165, 1.54) is 19.0 Å². The fourth-order valence-electron chi connectivity index (χ4n) is 2.47. The smallest absolute Gasteiger partial charge is 0.306 e. The number of benzene rings is 2. The molecule has 1 atom stereocenters. The highest BCUT2D eigenvalue weighted by molar-refractivity contribution is 6.35. The van der Waals surface area contributed by atoms with Crippen LogP contribution in [0.2, 0.25) is 10.0 Å². The van der Waals surface area contributed by atoms with E-state index in [2.05, 4.69) is 61.1 Å². The Hall–Kier alpha value is -2.21. The van der Waals surface area contributed by atoms with Crippen LogP contribution in [0.3, 0.4) is 0 Å². The van der Waals surface area contributed by atoms with Gasteiger partial charge in [-0.05, 0) is 73.9 Å². The van der Waals surface area contributed by atoms with Crippen molar-refractivity contribution in [1.82, 2.24) is 0 Å². The first-order chi connectivity index (χ1) is 19.5. The van der Waals surface area contributed by atoms with Crippen molar-refractivity contribution in [2.75, 3.05) is 7.05 Å². The maximum absolute atomic E-state index is 10.6. The minimum atomic E-state index is -0.736. The van der Waals surface area contributed by atoms with Gasteiger partial charge >= 0.3 is 5.97 Å². The zero-order valence-corrected chi connectivity index (χ0v) is 30.3. The average molecular weight is 630 g/mol. The number of hydrogen-bond acceptors (Lipinski definition) is 4. The lowest BCUT2D eigenvalue weighted by Gasteiger charge is -2.07. The molecule has 5 nitrogen and oxygen atoms in total. The second kappa shape index (κ2) is 31.7. The Kier molecular flexibility index (Phi) is 37.4. The third kappa shape index (κ3) is 37.8. The van der Waals surface area contributed by atoms with E-state index in [0.717, 1.165) is 24.0 Å². The molecule has 0 radical (unpaired) electrons. The second-order valence-corrected chi connectivity index (χ2v) is 12.1. The predicted molar refractivity (Wildman–Crippen MR) is 189 cm³/mol. The van der Waals surface area contributed by atoms with Crippen molar-refractivity contribution in [3.05, 3.63) is 69.2 Å². The van der Waals surface area contributed by atoms with E-state index in [9.17, 15) is 4.79 Å². The number of carboxylic acid groups (broad SMARTS) is 1. The number of aryl methyl sites for hydroxylation is 1. The standard InChI is InChI=1S/C12H15Cl2N.C11H14O2.C5H12.C3H8.C2H6.CH5N.CH2O/c1-8(2)3-4-12(15)9-5-10(13)7-11(14)6-9;1-8-3-5-10(6-4-8)7-9(2)11(12)13;1-5(2,3)4;1-3-2;3*1-2/h5-8,15H,3-4H2,1-2H3;3-6,9H,7H2,1-2H3,(H,12,13);1-4H3;3H2,1-2H3;1-2H3;2H2,1H3;1H2/t;9-;;;;;/m.0...../s1. The molecule has 0 aliphatic rings. The van der Waals surface area contributed by atoms with Crippen LogP contribution in [-0.4, -0.2) is 30.6 Å². The van der Waals surface area contributed by atoms with Crippen molar-refractivity contribution in [3.8, 4) is 0 Å². The zero-order valence-electron chi connectivity index (χ0n) is 28.8. The van der Waals surface area contributed by atoms with Crippen LogP contribution in [0.4, 0.5) is 0 Å². The molecule has 42 heavy (non-hydrogen) atoms. The molecule has 0 fully saturated rings. The van der Waals surface area contributed by atoms with Gasteiger partial charge in [-0.3, -0.25) is 4.79 Å². The topological polar surface area (TPSA) is 104 Å². The van der Waals surface area contributed by atoms with E-state index in [1.807, 2.05) is 51.8 Å². The van der Waals surface area contributed by atoms with E-state index < -0.39 is 5.97 Å². The molecule has 0 aromatic heterocycles. The molecule has 2 rings (SSSR count). The molecule has 0 saturated heterocycles. The molecule has 0 bridgehead atoms. The Morgan fingerprint density at radius 2 is 1.29 bits per heavy atom. The van der Waals surface area contributed by atoms with Crippen molar-refractivity contribution in [1.29, 1.82) is 5.41 Å². The van der Waals surface area contributed by atoms with Crippen LogP contribution < -0.4 is 5.73 Å². The van der Waals surface area contributed by atoms with Gasteiger partial charge in [-0.25, -0.2) is 0 Å². The van der Waals surface area contributed by atoms with Crippen LogP contribution in [0, 0.1) is 29.6 Å². The van der Waals surface area contributed by atoms with Crippen LogP contribution in [0.5, 0.6) is 0 Å². The lowest BCUT2D eigenvalue weighted by molar-refractivity contribution is -0.141. The molecule has 4 N–H and O–H groups in total. The number of hydrogen-bond donors (Lipinski definition) is 3. The first-order valence-electron chi connectivity index (χ1n) is 14.7. The van der Waals surface area contributed by atoms with E-state index in [0.29, 0.717) is 33.5 Å². The first kappa shape index (κ1) is 49.5. The second-order valence-electron chi connectivity index (χ2n) is 11.2. The number of carbonyl (C=O) groups excluding carboxylic acids is 1. The molecule has 2 aromatic rings. The van der Waals surface area contributed by atoms with Gasteiger partial charge < -0.3 is 21.0 Å². The van der Waals surface area contributed by atoms with Crippen LogP contribution in [0.15, 0.2) is 42.5 Å². The lowest BCUT2D eigenvalue weighted by Crippen LogP contribution is -2.12. The molecule has 0 spiro atoms. The molecule has 244 valence electrons. The van der Waals surface area contributed by atoms with Crippen LogP contribution in [-0.2, 0) is 16.0 Å². The van der Waals surface area contributed by atoms with Gasteiger partial charge in [0, 0.05) is 15.8 Å². The molecule has 7 heteroatoms. The van der Waals surface area contributed by atoms with Crippen molar-refractivity contribution >= 4 is 41.7 Å². The summed E-state index contributed by atoms with van der Waals surface area (Å²) in [7, 11) is 1.50. The largest absolute Gasteiger partial charge is 0.481 e. The Morgan fingerprint density at radius 3 is 1.60 bits per heavy atom. The molecule has 0 heterocycles. The Bertz CT molecular complexity index is 883. The normalized spacial score (nSPS) is 9.93. The van der Waals surface area contributed by atoms with Gasteiger partial charge in [0.15, 0.2) is 0 Å². The summed E-state index contributed by atoms with van der Waals surface area (Å²) in [4.78, 5) is 18.6. The molecule has 0 aliphatic carbocycles. The van der Waals surface area contributed by atoms with Crippen molar-refractivity contribution < 1.29 is 14.7 Å². The van der Waals surface area contributed by atoms with Gasteiger partial charge in [-0.1, -0.05) is 136 Å². The summed E-state index contributed by atoms with van der Waals surface area (Å²) in [6.45, 7) is 27.0. The van der Waals surface area contributed by atoms with Crippen LogP contribution >= 0.6 is 23.2 Å². The number of aliphatic carboxylic acids is 1. The average Bonchev–Trinajstić information content (AvgIpc) is 2.91. The SMILES string of the molecule is C=O.CC.CC(C)(C)C.CC(C)CCC(=N)c1cc(Cl)cc(Cl)c1.CCC.CN.Cc1ccc(C[C@H](C)C(=O)O)cc1. The molecule has 0 unspecified atom stereocenters. The fraction of sp³-hybridized carbons (Fsp3) is 0.571. The van der Waals surface area contributed by atoms with E-state index in [1.54, 1.807) is 25.1 Å². The Morgan fingerprint density at radius 1 is 0.929 bits per heavy atom. The number of nitrogens with one attached hydrogen (secondary N) is 1. The molecular weight excluding hydrogens is 567 g/mol. The molecule has 0 aliphatic heterocycles. The highest BCUT2D eigenvalue weighted by Gasteiger charge is 2.10. The van der Waals surface area contributed by atoms with Gasteiger partial charge in [0.05, 0.1) is 5.92 Å². The van der Waals surface area contributed by atoms with Gasteiger partial charge in [0.1, 0.15) is 6.79 Å². The summed E-state index contributed by atoms with van der Waals surface area (Å²) in [5.41, 5.74) is 8.72. The number of nitrogens with two attached hydrogens (primary N) is 1. The van der Waals surface area contributed by atoms with Gasteiger partial charge in [0.25, 0.3) is 0 Å². The minimum absolute atomic E-state index is 0.303. The number of halogens is 2. The summed E-state index contributed by atoms with van der Waals surface area (Å²) in [6.07, 6.45) is 3.65. The number of rotatable bonds is 7. The maximum Gasteiger partial charge on any atom is 0.306 e. The Balaban J connectivity index is -0.000000153. The van der Waals surface area contributed by atoms with E-state index >= 15 is 0 Å². The summed E-state index contributed by atoms with van der Waals surface area (Å²) in [6, 6.07) is 13.2. The van der Waals surface area contributed by atoms with Crippen molar-refractivity contribution in [2.45, 2.75) is 109 Å². The van der Waals surface area contributed by atoms with Gasteiger partial charge in [-0.15, -0.1) is 0 Å². The highest BCUT2D eigenvalue weighted by atomic mass is 35.5. The summed E-state index contributed by atoms with van der Waals surface area (Å²) < 4.78 is 0. The summed E-state index contributed by atoms with van der Waals surface area (Å²) in [5, 5.41) is 17.8. The first-order valence-corrected chi connectivity index (χ1v) is 15.4. The van der Waals surface area contributed by atoms with Gasteiger partial charge in [-0.2, -0.15) is 0 Å². The molecule has 2 aromatic carbocycles. The quantitative estimate of drug-likeness (QED) is 0.265. The van der Waals surface area contributed by atoms with Gasteiger partial charge in [0.2, 0.25) is 0 Å². The lowest BCUT2D eigenvalue weighted by atomic mass is 10.0. The highest BCUT2D eigenvalue weighted by Crippen LogP contribution is 2.21. The molecule has 0 saturated carbocycles. The van der Waals surface area contributed by atoms with E-state index in [-0.39, 0.29) is 5.92 Å². The molecular formula is C35H62Cl2N2O3. The van der Waals surface area contributed by atoms with Crippen molar-refractivity contribution in [2.24, 2.45) is 23.0 Å². The summed E-state index contributed by atoms with van der Waals surface area (Å²) >= 11 is 11.8. The van der Waals surface area contributed by atoms with Crippen LogP contribution in [0.1, 0.15) is 112 Å². The number of carbonyl (C=O) groups is 2. The minimum Gasteiger partial charge on any atom is -0.481 e. The maximum atomic E-state index is 10.6. The monoisotopic (exact) mass is 628 g/mol.